The number of rotatable bonds is 5. The summed E-state index contributed by atoms with van der Waals surface area (Å²) in [7, 11) is 0. The highest BCUT2D eigenvalue weighted by molar-refractivity contribution is 5.02. The van der Waals surface area contributed by atoms with Crippen LogP contribution in [0.4, 0.5) is 0 Å². The SMILES string of the molecule is CCn1cncc1CNC1(CO)CCC1. The summed E-state index contributed by atoms with van der Waals surface area (Å²) in [5.74, 6) is 0. The molecule has 0 saturated heterocycles. The van der Waals surface area contributed by atoms with E-state index >= 15 is 0 Å². The fourth-order valence-electron chi connectivity index (χ4n) is 2.05. The van der Waals surface area contributed by atoms with Crippen LogP contribution in [0, 0.1) is 0 Å². The molecule has 1 aromatic rings. The molecule has 2 N–H and O–H groups in total. The van der Waals surface area contributed by atoms with Crippen molar-refractivity contribution < 1.29 is 5.11 Å². The van der Waals surface area contributed by atoms with Crippen molar-refractivity contribution in [1.29, 1.82) is 0 Å². The van der Waals surface area contributed by atoms with Crippen LogP contribution < -0.4 is 5.32 Å². The summed E-state index contributed by atoms with van der Waals surface area (Å²) in [6.07, 6.45) is 7.14. The lowest BCUT2D eigenvalue weighted by atomic mass is 9.77. The zero-order chi connectivity index (χ0) is 10.7. The molecule has 0 aromatic carbocycles. The molecule has 1 aliphatic rings. The largest absolute Gasteiger partial charge is 0.394 e. The summed E-state index contributed by atoms with van der Waals surface area (Å²) in [6, 6.07) is 0. The zero-order valence-electron chi connectivity index (χ0n) is 9.24. The fraction of sp³-hybridized carbons (Fsp3) is 0.727. The Morgan fingerprint density at radius 3 is 2.93 bits per heavy atom. The first-order valence-corrected chi connectivity index (χ1v) is 5.64. The van der Waals surface area contributed by atoms with Gasteiger partial charge in [0.25, 0.3) is 0 Å². The van der Waals surface area contributed by atoms with Crippen LogP contribution in [0.5, 0.6) is 0 Å². The molecule has 1 aliphatic carbocycles. The predicted octanol–water partition coefficient (Wildman–Crippen LogP) is 0.908. The highest BCUT2D eigenvalue weighted by Gasteiger charge is 2.35. The second-order valence-electron chi connectivity index (χ2n) is 4.32. The number of nitrogens with zero attached hydrogens (tertiary/aromatic N) is 2. The topological polar surface area (TPSA) is 50.1 Å². The quantitative estimate of drug-likeness (QED) is 0.757. The third kappa shape index (κ3) is 2.06. The van der Waals surface area contributed by atoms with Crippen molar-refractivity contribution in [3.8, 4) is 0 Å². The van der Waals surface area contributed by atoms with Crippen molar-refractivity contribution >= 4 is 0 Å². The summed E-state index contributed by atoms with van der Waals surface area (Å²) < 4.78 is 2.12. The van der Waals surface area contributed by atoms with Crippen LogP contribution in [0.1, 0.15) is 31.9 Å². The Labute approximate surface area is 90.3 Å². The van der Waals surface area contributed by atoms with Gasteiger partial charge in [-0.05, 0) is 26.2 Å². The lowest BCUT2D eigenvalue weighted by Crippen LogP contribution is -2.53. The van der Waals surface area contributed by atoms with Gasteiger partial charge in [0, 0.05) is 24.8 Å². The summed E-state index contributed by atoms with van der Waals surface area (Å²) in [5.41, 5.74) is 1.18. The van der Waals surface area contributed by atoms with Crippen molar-refractivity contribution in [3.05, 3.63) is 18.2 Å². The van der Waals surface area contributed by atoms with E-state index in [1.54, 1.807) is 0 Å². The summed E-state index contributed by atoms with van der Waals surface area (Å²) >= 11 is 0. The van der Waals surface area contributed by atoms with Gasteiger partial charge in [-0.25, -0.2) is 4.98 Å². The van der Waals surface area contributed by atoms with E-state index in [1.165, 1.54) is 12.1 Å². The number of aliphatic hydroxyl groups is 1. The molecular weight excluding hydrogens is 190 g/mol. The monoisotopic (exact) mass is 209 g/mol. The number of hydrogen-bond donors (Lipinski definition) is 2. The van der Waals surface area contributed by atoms with Crippen LogP contribution in [-0.2, 0) is 13.1 Å². The van der Waals surface area contributed by atoms with Crippen LogP contribution in [-0.4, -0.2) is 26.8 Å². The molecule has 0 radical (unpaired) electrons. The number of imidazole rings is 1. The molecule has 0 amide bonds. The standard InChI is InChI=1S/C11H19N3O/c1-2-14-9-12-6-10(14)7-13-11(8-15)4-3-5-11/h6,9,13,15H,2-5,7-8H2,1H3. The minimum atomic E-state index is -0.0111. The van der Waals surface area contributed by atoms with E-state index in [4.69, 9.17) is 0 Å². The Kier molecular flexibility index (Phi) is 3.07. The van der Waals surface area contributed by atoms with Crippen molar-refractivity contribution in [2.75, 3.05) is 6.61 Å². The van der Waals surface area contributed by atoms with E-state index in [9.17, 15) is 5.11 Å². The van der Waals surface area contributed by atoms with Gasteiger partial charge >= 0.3 is 0 Å². The maximum Gasteiger partial charge on any atom is 0.0948 e. The average Bonchev–Trinajstić information content (AvgIpc) is 2.64. The Balaban J connectivity index is 1.92. The third-order valence-electron chi connectivity index (χ3n) is 3.40. The zero-order valence-corrected chi connectivity index (χ0v) is 9.24. The minimum absolute atomic E-state index is 0.0111. The molecule has 0 aliphatic heterocycles. The van der Waals surface area contributed by atoms with Crippen molar-refractivity contribution in [2.24, 2.45) is 0 Å². The Hall–Kier alpha value is -0.870. The second kappa shape index (κ2) is 4.33. The normalized spacial score (nSPS) is 18.8. The first-order valence-electron chi connectivity index (χ1n) is 5.64. The van der Waals surface area contributed by atoms with Gasteiger partial charge in [-0.3, -0.25) is 0 Å². The molecule has 4 heteroatoms. The maximum absolute atomic E-state index is 9.31. The summed E-state index contributed by atoms with van der Waals surface area (Å²) in [4.78, 5) is 4.12. The summed E-state index contributed by atoms with van der Waals surface area (Å²) in [5, 5.41) is 12.8. The van der Waals surface area contributed by atoms with Gasteiger partial charge in [0.2, 0.25) is 0 Å². The molecule has 1 fully saturated rings. The van der Waals surface area contributed by atoms with Crippen molar-refractivity contribution in [3.63, 3.8) is 0 Å². The average molecular weight is 209 g/mol. The molecule has 2 rings (SSSR count). The molecule has 0 spiro atoms. The van der Waals surface area contributed by atoms with Crippen molar-refractivity contribution in [1.82, 2.24) is 14.9 Å². The third-order valence-corrected chi connectivity index (χ3v) is 3.40. The lowest BCUT2D eigenvalue weighted by molar-refractivity contribution is 0.0865. The van der Waals surface area contributed by atoms with Gasteiger partial charge < -0.3 is 15.0 Å². The smallest absolute Gasteiger partial charge is 0.0948 e. The Morgan fingerprint density at radius 1 is 1.60 bits per heavy atom. The molecule has 84 valence electrons. The van der Waals surface area contributed by atoms with Crippen LogP contribution in [0.15, 0.2) is 12.5 Å². The van der Waals surface area contributed by atoms with Gasteiger partial charge in [0.15, 0.2) is 0 Å². The fourth-order valence-corrected chi connectivity index (χ4v) is 2.05. The molecule has 15 heavy (non-hydrogen) atoms. The van der Waals surface area contributed by atoms with E-state index in [-0.39, 0.29) is 12.1 Å². The van der Waals surface area contributed by atoms with Gasteiger partial charge in [-0.15, -0.1) is 0 Å². The van der Waals surface area contributed by atoms with Gasteiger partial charge in [0.1, 0.15) is 0 Å². The highest BCUT2D eigenvalue weighted by atomic mass is 16.3. The van der Waals surface area contributed by atoms with Crippen LogP contribution in [0.2, 0.25) is 0 Å². The van der Waals surface area contributed by atoms with Gasteiger partial charge in [0.05, 0.1) is 18.6 Å². The second-order valence-corrected chi connectivity index (χ2v) is 4.32. The molecule has 1 heterocycles. The summed E-state index contributed by atoms with van der Waals surface area (Å²) in [6.45, 7) is 4.10. The maximum atomic E-state index is 9.31. The number of hydrogen-bond acceptors (Lipinski definition) is 3. The van der Waals surface area contributed by atoms with E-state index in [1.807, 2.05) is 12.5 Å². The first-order chi connectivity index (χ1) is 7.29. The molecule has 4 nitrogen and oxygen atoms in total. The van der Waals surface area contributed by atoms with Gasteiger partial charge in [-0.1, -0.05) is 0 Å². The van der Waals surface area contributed by atoms with Crippen molar-refractivity contribution in [2.45, 2.75) is 44.8 Å². The number of aliphatic hydroxyl groups excluding tert-OH is 1. The first kappa shape index (κ1) is 10.6. The molecule has 0 bridgehead atoms. The molecule has 0 unspecified atom stereocenters. The van der Waals surface area contributed by atoms with E-state index in [0.29, 0.717) is 0 Å². The minimum Gasteiger partial charge on any atom is -0.394 e. The van der Waals surface area contributed by atoms with Crippen LogP contribution in [0.3, 0.4) is 0 Å². The number of aromatic nitrogens is 2. The van der Waals surface area contributed by atoms with Gasteiger partial charge in [-0.2, -0.15) is 0 Å². The Morgan fingerprint density at radius 2 is 2.40 bits per heavy atom. The van der Waals surface area contributed by atoms with Crippen LogP contribution >= 0.6 is 0 Å². The molecule has 1 saturated carbocycles. The Bertz CT molecular complexity index is 312. The predicted molar refractivity (Wildman–Crippen MR) is 58.4 cm³/mol. The molecule has 0 atom stereocenters. The lowest BCUT2D eigenvalue weighted by Gasteiger charge is -2.41. The molecular formula is C11H19N3O. The number of aryl methyl sites for hydroxylation is 1. The molecule has 1 aromatic heterocycles. The van der Waals surface area contributed by atoms with E-state index < -0.39 is 0 Å². The van der Waals surface area contributed by atoms with E-state index in [0.717, 1.165) is 25.9 Å². The highest BCUT2D eigenvalue weighted by Crippen LogP contribution is 2.31. The number of nitrogens with one attached hydrogen (secondary N) is 1. The van der Waals surface area contributed by atoms with E-state index in [2.05, 4.69) is 21.8 Å². The van der Waals surface area contributed by atoms with Crippen LogP contribution in [0.25, 0.3) is 0 Å².